The number of piperidine rings is 1. The average molecular weight is 497 g/mol. The molecule has 0 spiro atoms. The van der Waals surface area contributed by atoms with Gasteiger partial charge < -0.3 is 14.4 Å². The standard InChI is InChI=1S/C25H31B4N3O5/c26-16-11-18(37-13-15-3-1-14(2-4-15)12-31-7-9-36-10-8-31)21-20(22(16)27)24(35)32(25(21,28)29)17-5-6-19(33)30-23(17)34/h1-4,11,17H,5-10,12-13,26-29H2,(H,30,33,34). The number of carbonyl (C=O) groups excluding carboxylic acids is 3. The fourth-order valence-electron chi connectivity index (χ4n) is 5.75. The van der Waals surface area contributed by atoms with Gasteiger partial charge in [-0.15, -0.1) is 0 Å². The van der Waals surface area contributed by atoms with E-state index in [0.717, 1.165) is 54.9 Å². The molecule has 12 heteroatoms. The van der Waals surface area contributed by atoms with Crippen LogP contribution in [0.5, 0.6) is 5.75 Å². The molecule has 3 aliphatic heterocycles. The van der Waals surface area contributed by atoms with E-state index in [4.69, 9.17) is 9.47 Å². The molecular formula is C25H31B4N3O5. The molecule has 188 valence electrons. The SMILES string of the molecule is Bc1cc(OCc2ccc(CN3CCOCC3)cc2)c2c(c1B)C(=O)N(C1CCC(=O)NC1=O)C2(B)B. The first kappa shape index (κ1) is 25.7. The minimum absolute atomic E-state index is 0.187. The highest BCUT2D eigenvalue weighted by atomic mass is 16.5. The van der Waals surface area contributed by atoms with Crippen LogP contribution >= 0.6 is 0 Å². The van der Waals surface area contributed by atoms with Crippen LogP contribution in [0.2, 0.25) is 0 Å². The monoisotopic (exact) mass is 497 g/mol. The molecule has 2 aromatic carbocycles. The fraction of sp³-hybridized carbons (Fsp3) is 0.400. The third kappa shape index (κ3) is 4.84. The van der Waals surface area contributed by atoms with Crippen molar-refractivity contribution in [3.63, 3.8) is 0 Å². The first-order valence-corrected chi connectivity index (χ1v) is 13.0. The lowest BCUT2D eigenvalue weighted by atomic mass is 9.56. The molecule has 0 aliphatic carbocycles. The maximum absolute atomic E-state index is 13.7. The molecule has 3 aliphatic rings. The molecule has 1 unspecified atom stereocenters. The summed E-state index contributed by atoms with van der Waals surface area (Å²) in [7, 11) is 7.80. The van der Waals surface area contributed by atoms with Crippen molar-refractivity contribution in [1.82, 2.24) is 15.1 Å². The Morgan fingerprint density at radius 3 is 2.41 bits per heavy atom. The lowest BCUT2D eigenvalue weighted by Crippen LogP contribution is -2.59. The van der Waals surface area contributed by atoms with Crippen LogP contribution in [0.4, 0.5) is 0 Å². The summed E-state index contributed by atoms with van der Waals surface area (Å²) in [5.41, 5.74) is 5.55. The van der Waals surface area contributed by atoms with Crippen molar-refractivity contribution in [1.29, 1.82) is 0 Å². The summed E-state index contributed by atoms with van der Waals surface area (Å²) in [6, 6.07) is 9.74. The maximum Gasteiger partial charge on any atom is 0.253 e. The zero-order valence-corrected chi connectivity index (χ0v) is 22.1. The number of nitrogens with one attached hydrogen (secondary N) is 1. The van der Waals surface area contributed by atoms with Crippen molar-refractivity contribution in [2.24, 2.45) is 0 Å². The van der Waals surface area contributed by atoms with Crippen molar-refractivity contribution in [3.05, 3.63) is 52.6 Å². The van der Waals surface area contributed by atoms with E-state index in [1.807, 2.05) is 37.5 Å². The number of nitrogens with zero attached hydrogens (tertiary/aromatic N) is 2. The van der Waals surface area contributed by atoms with Crippen molar-refractivity contribution in [2.75, 3.05) is 26.3 Å². The second-order valence-corrected chi connectivity index (χ2v) is 10.8. The highest BCUT2D eigenvalue weighted by molar-refractivity contribution is 6.53. The van der Waals surface area contributed by atoms with Crippen LogP contribution in [0.25, 0.3) is 0 Å². The Bertz CT molecular complexity index is 1250. The fourth-order valence-corrected chi connectivity index (χ4v) is 5.75. The summed E-state index contributed by atoms with van der Waals surface area (Å²) >= 11 is 0. The molecule has 1 atom stereocenters. The number of fused-ring (bicyclic) bond motifs is 1. The van der Waals surface area contributed by atoms with E-state index in [2.05, 4.69) is 34.5 Å². The number of imide groups is 1. The Morgan fingerprint density at radius 2 is 1.73 bits per heavy atom. The molecule has 1 N–H and O–H groups in total. The van der Waals surface area contributed by atoms with Gasteiger partial charge in [0.15, 0.2) is 0 Å². The molecule has 37 heavy (non-hydrogen) atoms. The molecule has 0 bridgehead atoms. The van der Waals surface area contributed by atoms with E-state index in [-0.39, 0.29) is 18.2 Å². The van der Waals surface area contributed by atoms with Crippen LogP contribution in [0.1, 0.15) is 39.9 Å². The quantitative estimate of drug-likeness (QED) is 0.327. The highest BCUT2D eigenvalue weighted by Crippen LogP contribution is 2.41. The number of benzene rings is 2. The van der Waals surface area contributed by atoms with Crippen LogP contribution in [0.15, 0.2) is 30.3 Å². The highest BCUT2D eigenvalue weighted by Gasteiger charge is 2.51. The Kier molecular flexibility index (Phi) is 6.98. The number of ether oxygens (including phenoxy) is 2. The van der Waals surface area contributed by atoms with Gasteiger partial charge in [0.1, 0.15) is 49.8 Å². The van der Waals surface area contributed by atoms with Gasteiger partial charge in [0.25, 0.3) is 5.91 Å². The minimum atomic E-state index is -0.773. The first-order valence-electron chi connectivity index (χ1n) is 13.0. The number of hydrogen-bond donors (Lipinski definition) is 1. The zero-order chi connectivity index (χ0) is 26.3. The van der Waals surface area contributed by atoms with Crippen molar-refractivity contribution in [3.8, 4) is 5.75 Å². The average Bonchev–Trinajstić information content (AvgIpc) is 3.08. The largest absolute Gasteiger partial charge is 0.489 e. The third-order valence-electron chi connectivity index (χ3n) is 7.91. The van der Waals surface area contributed by atoms with Gasteiger partial charge in [0, 0.05) is 42.5 Å². The van der Waals surface area contributed by atoms with Gasteiger partial charge in [-0.05, 0) is 23.6 Å². The van der Waals surface area contributed by atoms with Gasteiger partial charge in [0.2, 0.25) is 11.8 Å². The van der Waals surface area contributed by atoms with E-state index in [0.29, 0.717) is 24.3 Å². The Hall–Kier alpha value is -2.97. The molecule has 3 heterocycles. The molecule has 8 nitrogen and oxygen atoms in total. The molecule has 0 radical (unpaired) electrons. The summed E-state index contributed by atoms with van der Waals surface area (Å²) in [5, 5.41) is 1.62. The number of hydrogen-bond acceptors (Lipinski definition) is 6. The van der Waals surface area contributed by atoms with Crippen LogP contribution in [0, 0.1) is 0 Å². The zero-order valence-electron chi connectivity index (χ0n) is 22.1. The maximum atomic E-state index is 13.7. The van der Waals surface area contributed by atoms with Crippen molar-refractivity contribution >= 4 is 60.0 Å². The molecule has 2 fully saturated rings. The first-order chi connectivity index (χ1) is 17.7. The smallest absolute Gasteiger partial charge is 0.253 e. The number of carbonyl (C=O) groups is 3. The summed E-state index contributed by atoms with van der Waals surface area (Å²) < 4.78 is 11.8. The molecule has 5 rings (SSSR count). The Balaban J connectivity index is 1.37. The van der Waals surface area contributed by atoms with Gasteiger partial charge in [0.05, 0.1) is 13.2 Å². The van der Waals surface area contributed by atoms with Crippen molar-refractivity contribution in [2.45, 2.75) is 37.4 Å². The lowest BCUT2D eigenvalue weighted by molar-refractivity contribution is -0.137. The van der Waals surface area contributed by atoms with Crippen LogP contribution in [0.3, 0.4) is 0 Å². The molecule has 3 amide bonds. The van der Waals surface area contributed by atoms with Gasteiger partial charge in [-0.1, -0.05) is 35.2 Å². The topological polar surface area (TPSA) is 88.2 Å². The second-order valence-electron chi connectivity index (χ2n) is 10.8. The van der Waals surface area contributed by atoms with E-state index in [9.17, 15) is 14.4 Å². The van der Waals surface area contributed by atoms with Crippen LogP contribution in [-0.4, -0.2) is 91.3 Å². The van der Waals surface area contributed by atoms with Crippen LogP contribution < -0.4 is 21.0 Å². The number of rotatable bonds is 6. The summed E-state index contributed by atoms with van der Waals surface area (Å²) in [5.74, 6) is -0.244. The van der Waals surface area contributed by atoms with Crippen LogP contribution in [-0.2, 0) is 32.8 Å². The third-order valence-corrected chi connectivity index (χ3v) is 7.91. The minimum Gasteiger partial charge on any atom is -0.489 e. The lowest BCUT2D eigenvalue weighted by Gasteiger charge is -2.40. The van der Waals surface area contributed by atoms with Gasteiger partial charge in [-0.2, -0.15) is 0 Å². The van der Waals surface area contributed by atoms with Crippen molar-refractivity contribution < 1.29 is 23.9 Å². The normalized spacial score (nSPS) is 21.6. The Morgan fingerprint density at radius 1 is 1.05 bits per heavy atom. The summed E-state index contributed by atoms with van der Waals surface area (Å²) in [4.78, 5) is 42.2. The number of amides is 3. The molecule has 2 saturated heterocycles. The van der Waals surface area contributed by atoms with E-state index in [1.165, 1.54) is 5.56 Å². The molecular weight excluding hydrogens is 466 g/mol. The predicted molar refractivity (Wildman–Crippen MR) is 151 cm³/mol. The predicted octanol–water partition coefficient (Wildman–Crippen LogP) is -3.75. The van der Waals surface area contributed by atoms with E-state index >= 15 is 0 Å². The second kappa shape index (κ2) is 10.1. The Labute approximate surface area is 221 Å². The molecule has 0 aromatic heterocycles. The summed E-state index contributed by atoms with van der Waals surface area (Å²) in [6.45, 7) is 4.75. The molecule has 0 saturated carbocycles. The van der Waals surface area contributed by atoms with Gasteiger partial charge in [-0.3, -0.25) is 24.6 Å². The van der Waals surface area contributed by atoms with E-state index in [1.54, 1.807) is 4.90 Å². The number of morpholine rings is 1. The van der Waals surface area contributed by atoms with Gasteiger partial charge >= 0.3 is 0 Å². The van der Waals surface area contributed by atoms with E-state index < -0.39 is 17.3 Å². The van der Waals surface area contributed by atoms with Gasteiger partial charge in [-0.25, -0.2) is 0 Å². The molecule has 2 aromatic rings. The summed E-state index contributed by atoms with van der Waals surface area (Å²) in [6.07, 6.45) is 0.536.